The lowest BCUT2D eigenvalue weighted by Gasteiger charge is -2.29. The number of nitrogens with zero attached hydrogens (tertiary/aromatic N) is 2. The Morgan fingerprint density at radius 3 is 2.66 bits per heavy atom. The van der Waals surface area contributed by atoms with Gasteiger partial charge in [-0.1, -0.05) is 29.8 Å². The molecule has 0 radical (unpaired) electrons. The summed E-state index contributed by atoms with van der Waals surface area (Å²) < 4.78 is 10.8. The summed E-state index contributed by atoms with van der Waals surface area (Å²) in [4.78, 5) is 4.70. The minimum absolute atomic E-state index is 0.748. The largest absolute Gasteiger partial charge is 0.497 e. The van der Waals surface area contributed by atoms with Crippen LogP contribution in [0.3, 0.4) is 0 Å². The molecule has 6 heteroatoms. The Hall–Kier alpha value is -2.15. The number of morpholine rings is 1. The van der Waals surface area contributed by atoms with Crippen LogP contribution in [0.5, 0.6) is 5.75 Å². The van der Waals surface area contributed by atoms with E-state index in [2.05, 4.69) is 58.4 Å². The Morgan fingerprint density at radius 2 is 1.93 bits per heavy atom. The highest BCUT2D eigenvalue weighted by atomic mass is 32.1. The Balaban J connectivity index is 1.63. The molecule has 2 aromatic rings. The minimum atomic E-state index is 0.748. The molecule has 0 spiro atoms. The van der Waals surface area contributed by atoms with E-state index >= 15 is 0 Å². The molecule has 5 nitrogen and oxygen atoms in total. The number of ether oxygens (including phenoxy) is 2. The van der Waals surface area contributed by atoms with Crippen molar-refractivity contribution in [2.24, 2.45) is 0 Å². The zero-order valence-electron chi connectivity index (χ0n) is 17.4. The maximum absolute atomic E-state index is 5.77. The third-order valence-electron chi connectivity index (χ3n) is 5.10. The van der Waals surface area contributed by atoms with Crippen molar-refractivity contribution in [3.8, 4) is 5.75 Å². The predicted molar refractivity (Wildman–Crippen MR) is 123 cm³/mol. The SMILES string of the molecule is COc1cccc(CN(CCCN2CCOCC2)C(=S)Nc2ccc(C)cc2)c1. The molecule has 0 amide bonds. The standard InChI is InChI=1S/C23H31N3O2S/c1-19-7-9-21(10-8-19)24-23(29)26(12-4-11-25-13-15-28-16-14-25)18-20-5-3-6-22(17-20)27-2/h3,5-10,17H,4,11-16,18H2,1-2H3,(H,24,29). The van der Waals surface area contributed by atoms with E-state index in [9.17, 15) is 0 Å². The second-order valence-corrected chi connectivity index (χ2v) is 7.76. The molecule has 2 aromatic carbocycles. The van der Waals surface area contributed by atoms with Crippen LogP contribution >= 0.6 is 12.2 Å². The van der Waals surface area contributed by atoms with Crippen LogP contribution in [0.25, 0.3) is 0 Å². The van der Waals surface area contributed by atoms with Gasteiger partial charge in [-0.25, -0.2) is 0 Å². The van der Waals surface area contributed by atoms with Gasteiger partial charge in [-0.15, -0.1) is 0 Å². The van der Waals surface area contributed by atoms with Gasteiger partial charge in [-0.3, -0.25) is 4.90 Å². The van der Waals surface area contributed by atoms with Crippen molar-refractivity contribution in [2.45, 2.75) is 19.9 Å². The van der Waals surface area contributed by atoms with Gasteiger partial charge in [0.05, 0.1) is 20.3 Å². The van der Waals surface area contributed by atoms with Crippen LogP contribution in [0.15, 0.2) is 48.5 Å². The Morgan fingerprint density at radius 1 is 1.17 bits per heavy atom. The summed E-state index contributed by atoms with van der Waals surface area (Å²) in [5, 5.41) is 4.15. The van der Waals surface area contributed by atoms with Gasteiger partial charge in [0.2, 0.25) is 0 Å². The third-order valence-corrected chi connectivity index (χ3v) is 5.46. The lowest BCUT2D eigenvalue weighted by atomic mass is 10.2. The van der Waals surface area contributed by atoms with Gasteiger partial charge >= 0.3 is 0 Å². The average molecular weight is 414 g/mol. The van der Waals surface area contributed by atoms with Crippen LogP contribution in [0, 0.1) is 6.92 Å². The zero-order chi connectivity index (χ0) is 20.5. The Bertz CT molecular complexity index is 776. The Kier molecular flexibility index (Phi) is 8.28. The number of rotatable bonds is 8. The van der Waals surface area contributed by atoms with Crippen LogP contribution in [0.1, 0.15) is 17.5 Å². The highest BCUT2D eigenvalue weighted by molar-refractivity contribution is 7.80. The van der Waals surface area contributed by atoms with Crippen molar-refractivity contribution in [1.29, 1.82) is 0 Å². The summed E-state index contributed by atoms with van der Waals surface area (Å²) >= 11 is 5.77. The number of benzene rings is 2. The minimum Gasteiger partial charge on any atom is -0.497 e. The lowest BCUT2D eigenvalue weighted by molar-refractivity contribution is 0.0368. The fourth-order valence-corrected chi connectivity index (χ4v) is 3.67. The van der Waals surface area contributed by atoms with Crippen LogP contribution in [-0.2, 0) is 11.3 Å². The maximum atomic E-state index is 5.77. The summed E-state index contributed by atoms with van der Waals surface area (Å²) in [6.45, 7) is 8.49. The average Bonchev–Trinajstić information content (AvgIpc) is 2.75. The number of methoxy groups -OCH3 is 1. The highest BCUT2D eigenvalue weighted by Crippen LogP contribution is 2.16. The molecule has 1 aliphatic heterocycles. The van der Waals surface area contributed by atoms with Gasteiger partial charge in [-0.05, 0) is 55.4 Å². The second kappa shape index (κ2) is 11.1. The van der Waals surface area contributed by atoms with Gasteiger partial charge in [0.15, 0.2) is 5.11 Å². The summed E-state index contributed by atoms with van der Waals surface area (Å²) in [7, 11) is 1.70. The van der Waals surface area contributed by atoms with Crippen LogP contribution in [0.4, 0.5) is 5.69 Å². The number of nitrogens with one attached hydrogen (secondary N) is 1. The van der Waals surface area contributed by atoms with E-state index in [0.29, 0.717) is 0 Å². The summed E-state index contributed by atoms with van der Waals surface area (Å²) in [6, 6.07) is 16.5. The number of hydrogen-bond donors (Lipinski definition) is 1. The van der Waals surface area contributed by atoms with Crippen LogP contribution in [-0.4, -0.2) is 61.4 Å². The summed E-state index contributed by atoms with van der Waals surface area (Å²) in [6.07, 6.45) is 1.06. The van der Waals surface area contributed by atoms with E-state index in [-0.39, 0.29) is 0 Å². The van der Waals surface area contributed by atoms with E-state index in [1.54, 1.807) is 7.11 Å². The molecule has 0 saturated carbocycles. The van der Waals surface area contributed by atoms with E-state index in [1.807, 2.05) is 12.1 Å². The molecule has 3 rings (SSSR count). The van der Waals surface area contributed by atoms with Crippen molar-refractivity contribution in [1.82, 2.24) is 9.80 Å². The third kappa shape index (κ3) is 6.99. The van der Waals surface area contributed by atoms with Gasteiger partial charge < -0.3 is 19.7 Å². The van der Waals surface area contributed by atoms with Crippen LogP contribution < -0.4 is 10.1 Å². The second-order valence-electron chi connectivity index (χ2n) is 7.38. The molecule has 156 valence electrons. The fraction of sp³-hybridized carbons (Fsp3) is 0.435. The van der Waals surface area contributed by atoms with Crippen molar-refractivity contribution < 1.29 is 9.47 Å². The first-order valence-electron chi connectivity index (χ1n) is 10.2. The molecule has 0 atom stereocenters. The quantitative estimate of drug-likeness (QED) is 0.661. The van der Waals surface area contributed by atoms with Crippen molar-refractivity contribution >= 4 is 23.0 Å². The number of aryl methyl sites for hydroxylation is 1. The molecule has 1 N–H and O–H groups in total. The number of hydrogen-bond acceptors (Lipinski definition) is 4. The van der Waals surface area contributed by atoms with Gasteiger partial charge in [0.25, 0.3) is 0 Å². The summed E-state index contributed by atoms with van der Waals surface area (Å²) in [5.41, 5.74) is 3.44. The first-order valence-corrected chi connectivity index (χ1v) is 10.6. The van der Waals surface area contributed by atoms with E-state index in [0.717, 1.165) is 68.9 Å². The van der Waals surface area contributed by atoms with Crippen molar-refractivity contribution in [3.05, 3.63) is 59.7 Å². The summed E-state index contributed by atoms with van der Waals surface area (Å²) in [5.74, 6) is 0.869. The number of anilines is 1. The maximum Gasteiger partial charge on any atom is 0.173 e. The molecule has 0 aliphatic carbocycles. The molecular formula is C23H31N3O2S. The lowest BCUT2D eigenvalue weighted by Crippen LogP contribution is -2.40. The Labute approximate surface area is 179 Å². The molecule has 1 fully saturated rings. The monoisotopic (exact) mass is 413 g/mol. The molecule has 1 aliphatic rings. The van der Waals surface area contributed by atoms with Crippen molar-refractivity contribution in [2.75, 3.05) is 51.8 Å². The van der Waals surface area contributed by atoms with Gasteiger partial charge in [0, 0.05) is 38.4 Å². The molecule has 0 bridgehead atoms. The molecule has 0 unspecified atom stereocenters. The normalized spacial score (nSPS) is 14.4. The molecule has 0 aromatic heterocycles. The highest BCUT2D eigenvalue weighted by Gasteiger charge is 2.14. The molecule has 1 heterocycles. The van der Waals surface area contributed by atoms with E-state index in [4.69, 9.17) is 21.7 Å². The smallest absolute Gasteiger partial charge is 0.173 e. The molecular weight excluding hydrogens is 382 g/mol. The first-order chi connectivity index (χ1) is 14.1. The van der Waals surface area contributed by atoms with Gasteiger partial charge in [-0.2, -0.15) is 0 Å². The fourth-order valence-electron chi connectivity index (χ4n) is 3.39. The number of thiocarbonyl (C=S) groups is 1. The van der Waals surface area contributed by atoms with Gasteiger partial charge in [0.1, 0.15) is 5.75 Å². The zero-order valence-corrected chi connectivity index (χ0v) is 18.2. The van der Waals surface area contributed by atoms with E-state index in [1.165, 1.54) is 11.1 Å². The predicted octanol–water partition coefficient (Wildman–Crippen LogP) is 3.92. The van der Waals surface area contributed by atoms with E-state index < -0.39 is 0 Å². The first kappa shape index (κ1) is 21.6. The van der Waals surface area contributed by atoms with Crippen LogP contribution in [0.2, 0.25) is 0 Å². The topological polar surface area (TPSA) is 37.0 Å². The molecule has 1 saturated heterocycles. The molecule has 29 heavy (non-hydrogen) atoms. The van der Waals surface area contributed by atoms with Crippen molar-refractivity contribution in [3.63, 3.8) is 0 Å².